The molecule has 4 nitrogen and oxygen atoms in total. The molecular weight excluding hydrogens is 397 g/mol. The molecule has 4 saturated carbocycles. The van der Waals surface area contributed by atoms with Crippen molar-refractivity contribution in [3.05, 3.63) is 51.9 Å². The number of amides is 1. The Hall–Kier alpha value is -1.65. The first-order valence-corrected chi connectivity index (χ1v) is 10.8. The van der Waals surface area contributed by atoms with E-state index in [0.29, 0.717) is 45.2 Å². The maximum Gasteiger partial charge on any atom is 0.287 e. The molecule has 6 rings (SSSR count). The summed E-state index contributed by atoms with van der Waals surface area (Å²) in [6, 6.07) is 8.86. The van der Waals surface area contributed by atoms with Gasteiger partial charge in [0, 0.05) is 11.1 Å². The first-order valence-electron chi connectivity index (χ1n) is 10.0. The van der Waals surface area contributed by atoms with E-state index in [0.717, 1.165) is 11.8 Å². The predicted molar refractivity (Wildman–Crippen MR) is 108 cm³/mol. The summed E-state index contributed by atoms with van der Waals surface area (Å²) < 4.78 is 11.4. The number of carbonyl (C=O) groups excluding carboxylic acids is 1. The van der Waals surface area contributed by atoms with Gasteiger partial charge in [-0.15, -0.1) is 0 Å². The number of hydrogen-bond donors (Lipinski definition) is 1. The second-order valence-corrected chi connectivity index (χ2v) is 9.40. The number of carbonyl (C=O) groups is 1. The molecule has 1 heterocycles. The van der Waals surface area contributed by atoms with Crippen molar-refractivity contribution in [2.75, 3.05) is 0 Å². The zero-order valence-electron chi connectivity index (χ0n) is 15.5. The second-order valence-electron chi connectivity index (χ2n) is 8.56. The molecule has 1 aromatic heterocycles. The maximum atomic E-state index is 12.7. The van der Waals surface area contributed by atoms with Crippen LogP contribution in [0.15, 0.2) is 34.7 Å². The smallest absolute Gasteiger partial charge is 0.287 e. The minimum atomic E-state index is -0.117. The molecule has 6 heteroatoms. The molecule has 0 atom stereocenters. The molecular formula is C22H23Cl2NO3. The first kappa shape index (κ1) is 18.4. The highest BCUT2D eigenvalue weighted by Gasteiger charge is 2.48. The van der Waals surface area contributed by atoms with Gasteiger partial charge in [-0.05, 0) is 86.1 Å². The number of halogens is 2. The lowest BCUT2D eigenvalue weighted by atomic mass is 9.54. The van der Waals surface area contributed by atoms with E-state index in [-0.39, 0.29) is 12.5 Å². The van der Waals surface area contributed by atoms with Crippen molar-refractivity contribution in [3.63, 3.8) is 0 Å². The van der Waals surface area contributed by atoms with Crippen LogP contribution in [0.2, 0.25) is 10.0 Å². The molecule has 4 aliphatic rings. The molecule has 4 aliphatic carbocycles. The van der Waals surface area contributed by atoms with Gasteiger partial charge < -0.3 is 14.5 Å². The van der Waals surface area contributed by atoms with Gasteiger partial charge in [0.2, 0.25) is 0 Å². The fraction of sp³-hybridized carbons (Fsp3) is 0.500. The Labute approximate surface area is 174 Å². The van der Waals surface area contributed by atoms with Gasteiger partial charge in [-0.3, -0.25) is 4.79 Å². The van der Waals surface area contributed by atoms with Gasteiger partial charge in [-0.25, -0.2) is 0 Å². The third-order valence-electron chi connectivity index (χ3n) is 6.67. The summed E-state index contributed by atoms with van der Waals surface area (Å²) >= 11 is 12.0. The largest absolute Gasteiger partial charge is 0.484 e. The summed E-state index contributed by atoms with van der Waals surface area (Å²) in [5.41, 5.74) is 0. The van der Waals surface area contributed by atoms with Gasteiger partial charge in [0.1, 0.15) is 18.1 Å². The average molecular weight is 420 g/mol. The van der Waals surface area contributed by atoms with Crippen molar-refractivity contribution in [1.82, 2.24) is 5.32 Å². The van der Waals surface area contributed by atoms with E-state index in [9.17, 15) is 4.79 Å². The Morgan fingerprint density at radius 2 is 1.75 bits per heavy atom. The number of rotatable bonds is 5. The fourth-order valence-corrected chi connectivity index (χ4v) is 6.17. The van der Waals surface area contributed by atoms with E-state index < -0.39 is 0 Å². The Morgan fingerprint density at radius 1 is 1.04 bits per heavy atom. The lowest BCUT2D eigenvalue weighted by Gasteiger charge is -2.54. The fourth-order valence-electron chi connectivity index (χ4n) is 5.70. The molecule has 2 aromatic rings. The van der Waals surface area contributed by atoms with Crippen molar-refractivity contribution in [2.45, 2.75) is 44.8 Å². The third-order valence-corrected chi connectivity index (χ3v) is 7.20. The van der Waals surface area contributed by atoms with Crippen LogP contribution in [0.1, 0.15) is 48.4 Å². The minimum Gasteiger partial charge on any atom is -0.484 e. The Kier molecular flexibility index (Phi) is 4.80. The van der Waals surface area contributed by atoms with E-state index in [4.69, 9.17) is 32.4 Å². The van der Waals surface area contributed by atoms with Gasteiger partial charge in [-0.2, -0.15) is 0 Å². The van der Waals surface area contributed by atoms with E-state index in [1.165, 1.54) is 32.1 Å². The topological polar surface area (TPSA) is 51.5 Å². The van der Waals surface area contributed by atoms with Crippen molar-refractivity contribution in [1.29, 1.82) is 0 Å². The van der Waals surface area contributed by atoms with Crippen LogP contribution in [0.5, 0.6) is 5.75 Å². The number of hydrogen-bond acceptors (Lipinski definition) is 3. The molecule has 0 unspecified atom stereocenters. The highest BCUT2D eigenvalue weighted by Crippen LogP contribution is 2.53. The molecule has 28 heavy (non-hydrogen) atoms. The van der Waals surface area contributed by atoms with E-state index in [1.54, 1.807) is 30.3 Å². The summed E-state index contributed by atoms with van der Waals surface area (Å²) in [6.07, 6.45) is 6.51. The zero-order valence-corrected chi connectivity index (χ0v) is 17.0. The molecule has 1 N–H and O–H groups in total. The number of nitrogens with one attached hydrogen (secondary N) is 1. The van der Waals surface area contributed by atoms with E-state index >= 15 is 0 Å². The molecule has 4 bridgehead atoms. The van der Waals surface area contributed by atoms with Crippen LogP contribution in [0.4, 0.5) is 0 Å². The van der Waals surface area contributed by atoms with Gasteiger partial charge in [0.15, 0.2) is 5.76 Å². The summed E-state index contributed by atoms with van der Waals surface area (Å²) in [5.74, 6) is 4.41. The molecule has 4 fully saturated rings. The quantitative estimate of drug-likeness (QED) is 0.673. The highest BCUT2D eigenvalue weighted by molar-refractivity contribution is 6.35. The highest BCUT2D eigenvalue weighted by atomic mass is 35.5. The molecule has 1 amide bonds. The van der Waals surface area contributed by atoms with Gasteiger partial charge in [0.25, 0.3) is 5.91 Å². The SMILES string of the molecule is O=C(NC1C2CC3CC(C2)CC1C3)c1ccc(COc2ccc(Cl)cc2Cl)o1. The second kappa shape index (κ2) is 7.31. The van der Waals surface area contributed by atoms with E-state index in [1.807, 2.05) is 0 Å². The Balaban J connectivity index is 1.20. The van der Waals surface area contributed by atoms with Gasteiger partial charge in [-0.1, -0.05) is 23.2 Å². The van der Waals surface area contributed by atoms with Crippen LogP contribution in [0, 0.1) is 23.7 Å². The van der Waals surface area contributed by atoms with Crippen molar-refractivity contribution in [3.8, 4) is 5.75 Å². The van der Waals surface area contributed by atoms with Crippen molar-refractivity contribution in [2.24, 2.45) is 23.7 Å². The molecule has 0 saturated heterocycles. The van der Waals surface area contributed by atoms with Crippen LogP contribution < -0.4 is 10.1 Å². The lowest BCUT2D eigenvalue weighted by molar-refractivity contribution is -0.0123. The lowest BCUT2D eigenvalue weighted by Crippen LogP contribution is -2.55. The number of furan rings is 1. The summed E-state index contributed by atoms with van der Waals surface area (Å²) in [7, 11) is 0. The molecule has 148 valence electrons. The number of ether oxygens (including phenoxy) is 1. The normalized spacial score (nSPS) is 30.4. The standard InChI is InChI=1S/C22H23Cl2NO3/c23-16-1-3-19(18(24)10-16)27-11-17-2-4-20(28-17)22(26)25-21-14-6-12-5-13(8-14)9-15(21)7-12/h1-4,10,12-15,21H,5-9,11H2,(H,25,26). The molecule has 0 spiro atoms. The van der Waals surface area contributed by atoms with E-state index in [2.05, 4.69) is 5.32 Å². The maximum absolute atomic E-state index is 12.7. The average Bonchev–Trinajstić information content (AvgIpc) is 3.12. The summed E-state index contributed by atoms with van der Waals surface area (Å²) in [4.78, 5) is 12.7. The van der Waals surface area contributed by atoms with Crippen molar-refractivity contribution >= 4 is 29.1 Å². The summed E-state index contributed by atoms with van der Waals surface area (Å²) in [5, 5.41) is 4.27. The molecule has 0 aliphatic heterocycles. The summed E-state index contributed by atoms with van der Waals surface area (Å²) in [6.45, 7) is 0.201. The van der Waals surface area contributed by atoms with Crippen LogP contribution in [-0.4, -0.2) is 11.9 Å². The zero-order chi connectivity index (χ0) is 19.3. The third kappa shape index (κ3) is 3.53. The van der Waals surface area contributed by atoms with Crippen molar-refractivity contribution < 1.29 is 13.9 Å². The van der Waals surface area contributed by atoms with Crippen LogP contribution in [-0.2, 0) is 6.61 Å². The monoisotopic (exact) mass is 419 g/mol. The minimum absolute atomic E-state index is 0.117. The van der Waals surface area contributed by atoms with Crippen LogP contribution >= 0.6 is 23.2 Å². The Morgan fingerprint density at radius 3 is 2.43 bits per heavy atom. The number of benzene rings is 1. The molecule has 1 aromatic carbocycles. The molecule has 0 radical (unpaired) electrons. The predicted octanol–water partition coefficient (Wildman–Crippen LogP) is 5.72. The van der Waals surface area contributed by atoms with Gasteiger partial charge >= 0.3 is 0 Å². The Bertz CT molecular complexity index is 866. The first-order chi connectivity index (χ1) is 13.5. The van der Waals surface area contributed by atoms with Crippen LogP contribution in [0.3, 0.4) is 0 Å². The van der Waals surface area contributed by atoms with Gasteiger partial charge in [0.05, 0.1) is 5.02 Å². The van der Waals surface area contributed by atoms with Crippen LogP contribution in [0.25, 0.3) is 0 Å².